The van der Waals surface area contributed by atoms with E-state index in [1.807, 2.05) is 73.7 Å². The van der Waals surface area contributed by atoms with E-state index in [-0.39, 0.29) is 18.0 Å². The van der Waals surface area contributed by atoms with Crippen LogP contribution in [0.4, 0.5) is 0 Å². The lowest BCUT2D eigenvalue weighted by Gasteiger charge is -2.30. The Kier molecular flexibility index (Phi) is 5.48. The van der Waals surface area contributed by atoms with Crippen molar-refractivity contribution in [1.29, 1.82) is 0 Å². The Morgan fingerprint density at radius 2 is 1.73 bits per heavy atom. The number of fused-ring (bicyclic) bond motifs is 2. The first-order valence-electron chi connectivity index (χ1n) is 11.0. The Hall–Kier alpha value is -4.19. The van der Waals surface area contributed by atoms with Crippen LogP contribution < -0.4 is 5.56 Å². The molecule has 164 valence electrons. The zero-order chi connectivity index (χ0) is 22.8. The molecule has 6 nitrogen and oxygen atoms in total. The highest BCUT2D eigenvalue weighted by molar-refractivity contribution is 6.07. The fraction of sp³-hybridized carbons (Fsp3) is 0.148. The predicted molar refractivity (Wildman–Crippen MR) is 128 cm³/mol. The SMILES string of the molecule is CCC(c1nc2ccccc2c(=O)[nH]1)N(Cc1ccco1)C(=O)c1cccc2ccccc12. The number of carbonyl (C=O) groups excluding carboxylic acids is 1. The van der Waals surface area contributed by atoms with Gasteiger partial charge in [0.05, 0.1) is 29.8 Å². The van der Waals surface area contributed by atoms with Gasteiger partial charge < -0.3 is 14.3 Å². The fourth-order valence-electron chi connectivity index (χ4n) is 4.28. The molecule has 5 rings (SSSR count). The minimum absolute atomic E-state index is 0.147. The van der Waals surface area contributed by atoms with E-state index >= 15 is 0 Å². The number of aromatic amines is 1. The van der Waals surface area contributed by atoms with E-state index < -0.39 is 6.04 Å². The number of H-pyrrole nitrogens is 1. The van der Waals surface area contributed by atoms with Gasteiger partial charge in [-0.05, 0) is 47.5 Å². The Morgan fingerprint density at radius 3 is 2.52 bits per heavy atom. The summed E-state index contributed by atoms with van der Waals surface area (Å²) in [6.45, 7) is 2.23. The maximum absolute atomic E-state index is 14.0. The number of nitrogens with one attached hydrogen (secondary N) is 1. The van der Waals surface area contributed by atoms with Crippen molar-refractivity contribution in [1.82, 2.24) is 14.9 Å². The predicted octanol–water partition coefficient (Wildman–Crippen LogP) is 5.46. The monoisotopic (exact) mass is 437 g/mol. The van der Waals surface area contributed by atoms with E-state index in [1.54, 1.807) is 23.3 Å². The number of hydrogen-bond donors (Lipinski definition) is 1. The largest absolute Gasteiger partial charge is 0.467 e. The van der Waals surface area contributed by atoms with Crippen molar-refractivity contribution in [3.8, 4) is 0 Å². The number of aromatic nitrogens is 2. The third-order valence-electron chi connectivity index (χ3n) is 5.90. The maximum Gasteiger partial charge on any atom is 0.258 e. The lowest BCUT2D eigenvalue weighted by molar-refractivity contribution is 0.0629. The number of rotatable bonds is 6. The topological polar surface area (TPSA) is 79.2 Å². The number of benzene rings is 3. The van der Waals surface area contributed by atoms with Gasteiger partial charge in [0.1, 0.15) is 11.6 Å². The van der Waals surface area contributed by atoms with Crippen LogP contribution in [0.3, 0.4) is 0 Å². The van der Waals surface area contributed by atoms with Crippen molar-refractivity contribution in [2.24, 2.45) is 0 Å². The van der Waals surface area contributed by atoms with Gasteiger partial charge in [-0.2, -0.15) is 0 Å². The van der Waals surface area contributed by atoms with E-state index in [2.05, 4.69) is 4.98 Å². The molecule has 0 aliphatic heterocycles. The van der Waals surface area contributed by atoms with Crippen LogP contribution in [-0.2, 0) is 6.54 Å². The molecule has 0 aliphatic carbocycles. The average molecular weight is 437 g/mol. The summed E-state index contributed by atoms with van der Waals surface area (Å²) in [7, 11) is 0. The Labute approximate surface area is 190 Å². The van der Waals surface area contributed by atoms with Crippen molar-refractivity contribution in [2.75, 3.05) is 0 Å². The summed E-state index contributed by atoms with van der Waals surface area (Å²) >= 11 is 0. The van der Waals surface area contributed by atoms with E-state index in [0.29, 0.717) is 34.5 Å². The third kappa shape index (κ3) is 3.91. The molecule has 3 aromatic carbocycles. The number of amides is 1. The molecule has 2 heterocycles. The van der Waals surface area contributed by atoms with E-state index in [0.717, 1.165) is 10.8 Å². The molecular formula is C27H23N3O3. The summed E-state index contributed by atoms with van der Waals surface area (Å²) in [4.78, 5) is 36.1. The van der Waals surface area contributed by atoms with Gasteiger partial charge >= 0.3 is 0 Å². The Bertz CT molecular complexity index is 1480. The van der Waals surface area contributed by atoms with Gasteiger partial charge in [0, 0.05) is 5.56 Å². The van der Waals surface area contributed by atoms with Gasteiger partial charge in [-0.15, -0.1) is 0 Å². The van der Waals surface area contributed by atoms with Gasteiger partial charge in [-0.1, -0.05) is 55.5 Å². The van der Waals surface area contributed by atoms with Crippen LogP contribution in [0, 0.1) is 0 Å². The molecule has 0 fully saturated rings. The maximum atomic E-state index is 14.0. The van der Waals surface area contributed by atoms with E-state index in [4.69, 9.17) is 9.40 Å². The molecule has 0 bridgehead atoms. The summed E-state index contributed by atoms with van der Waals surface area (Å²) in [5.41, 5.74) is 0.983. The summed E-state index contributed by atoms with van der Waals surface area (Å²) in [5.74, 6) is 0.970. The van der Waals surface area contributed by atoms with Gasteiger partial charge in [0.15, 0.2) is 0 Å². The molecule has 1 atom stereocenters. The number of furan rings is 1. The van der Waals surface area contributed by atoms with Crippen LogP contribution in [-0.4, -0.2) is 20.8 Å². The van der Waals surface area contributed by atoms with Crippen molar-refractivity contribution >= 4 is 27.6 Å². The van der Waals surface area contributed by atoms with Gasteiger partial charge in [0.25, 0.3) is 11.5 Å². The highest BCUT2D eigenvalue weighted by Gasteiger charge is 2.29. The van der Waals surface area contributed by atoms with Crippen molar-refractivity contribution in [3.63, 3.8) is 0 Å². The van der Waals surface area contributed by atoms with Crippen LogP contribution in [0.5, 0.6) is 0 Å². The number of carbonyl (C=O) groups is 1. The first-order chi connectivity index (χ1) is 16.2. The zero-order valence-corrected chi connectivity index (χ0v) is 18.2. The van der Waals surface area contributed by atoms with Gasteiger partial charge in [0.2, 0.25) is 0 Å². The third-order valence-corrected chi connectivity index (χ3v) is 5.90. The van der Waals surface area contributed by atoms with Crippen molar-refractivity contribution in [3.05, 3.63) is 113 Å². The summed E-state index contributed by atoms with van der Waals surface area (Å²) in [6.07, 6.45) is 2.16. The molecular weight excluding hydrogens is 414 g/mol. The lowest BCUT2D eigenvalue weighted by atomic mass is 10.0. The first kappa shape index (κ1) is 20.7. The molecule has 33 heavy (non-hydrogen) atoms. The minimum atomic E-state index is -0.445. The van der Waals surface area contributed by atoms with Crippen LogP contribution in [0.1, 0.15) is 41.3 Å². The molecule has 0 spiro atoms. The van der Waals surface area contributed by atoms with Crippen LogP contribution in [0.2, 0.25) is 0 Å². The van der Waals surface area contributed by atoms with Crippen molar-refractivity contribution < 1.29 is 9.21 Å². The van der Waals surface area contributed by atoms with Crippen LogP contribution in [0.15, 0.2) is 94.3 Å². The fourth-order valence-corrected chi connectivity index (χ4v) is 4.28. The molecule has 1 unspecified atom stereocenters. The standard InChI is InChI=1S/C27H23N3O3/c1-2-24(25-28-23-15-6-5-13-22(23)26(31)29-25)30(17-19-11-8-16-33-19)27(32)21-14-7-10-18-9-3-4-12-20(18)21/h3-16,24H,2,17H2,1H3,(H,28,29,31). The molecule has 1 N–H and O–H groups in total. The average Bonchev–Trinajstić information content (AvgIpc) is 3.36. The second-order valence-corrected chi connectivity index (χ2v) is 7.93. The molecule has 6 heteroatoms. The van der Waals surface area contributed by atoms with Crippen LogP contribution in [0.25, 0.3) is 21.7 Å². The first-order valence-corrected chi connectivity index (χ1v) is 11.0. The highest BCUT2D eigenvalue weighted by Crippen LogP contribution is 2.29. The van der Waals surface area contributed by atoms with Gasteiger partial charge in [-0.3, -0.25) is 9.59 Å². The summed E-state index contributed by atoms with van der Waals surface area (Å²) in [5, 5.41) is 2.39. The molecule has 0 aliphatic rings. The second kappa shape index (κ2) is 8.74. The summed E-state index contributed by atoms with van der Waals surface area (Å²) in [6, 6.07) is 23.9. The smallest absolute Gasteiger partial charge is 0.258 e. The normalized spacial score (nSPS) is 12.2. The number of hydrogen-bond acceptors (Lipinski definition) is 4. The summed E-state index contributed by atoms with van der Waals surface area (Å²) < 4.78 is 5.58. The Morgan fingerprint density at radius 1 is 0.970 bits per heavy atom. The lowest BCUT2D eigenvalue weighted by Crippen LogP contribution is -2.36. The molecule has 0 saturated carbocycles. The molecule has 0 saturated heterocycles. The van der Waals surface area contributed by atoms with E-state index in [1.165, 1.54) is 0 Å². The molecule has 0 radical (unpaired) electrons. The zero-order valence-electron chi connectivity index (χ0n) is 18.2. The number of nitrogens with zero attached hydrogens (tertiary/aromatic N) is 2. The van der Waals surface area contributed by atoms with Crippen LogP contribution >= 0.6 is 0 Å². The van der Waals surface area contributed by atoms with E-state index in [9.17, 15) is 9.59 Å². The minimum Gasteiger partial charge on any atom is -0.467 e. The molecule has 5 aromatic rings. The van der Waals surface area contributed by atoms with Crippen molar-refractivity contribution in [2.45, 2.75) is 25.9 Å². The second-order valence-electron chi connectivity index (χ2n) is 7.93. The molecule has 2 aromatic heterocycles. The van der Waals surface area contributed by atoms with Gasteiger partial charge in [-0.25, -0.2) is 4.98 Å². The number of para-hydroxylation sites is 1. The Balaban J connectivity index is 1.64. The highest BCUT2D eigenvalue weighted by atomic mass is 16.3. The quantitative estimate of drug-likeness (QED) is 0.382. The molecule has 1 amide bonds.